The van der Waals surface area contributed by atoms with Crippen molar-refractivity contribution in [2.24, 2.45) is 0 Å². The molecule has 0 fully saturated rings. The summed E-state index contributed by atoms with van der Waals surface area (Å²) in [7, 11) is 3.15. The van der Waals surface area contributed by atoms with Crippen molar-refractivity contribution in [3.63, 3.8) is 0 Å². The molecule has 0 saturated heterocycles. The summed E-state index contributed by atoms with van der Waals surface area (Å²) in [4.78, 5) is 33.6. The molecule has 0 radical (unpaired) electrons. The Labute approximate surface area is 194 Å². The van der Waals surface area contributed by atoms with Crippen LogP contribution < -0.4 is 19.9 Å². The van der Waals surface area contributed by atoms with E-state index in [1.807, 2.05) is 54.8 Å². The Morgan fingerprint density at radius 1 is 1.15 bits per heavy atom. The lowest BCUT2D eigenvalue weighted by Crippen LogP contribution is -2.40. The minimum Gasteiger partial charge on any atom is -0.493 e. The normalized spacial score (nSPS) is 15.0. The van der Waals surface area contributed by atoms with Crippen LogP contribution in [-0.4, -0.2) is 35.7 Å². The Morgan fingerprint density at radius 2 is 1.94 bits per heavy atom. The molecule has 2 aromatic carbocycles. The average molecular weight is 462 g/mol. The zero-order valence-electron chi connectivity index (χ0n) is 18.6. The molecule has 4 aromatic rings. The number of amides is 1. The molecule has 7 nitrogen and oxygen atoms in total. The summed E-state index contributed by atoms with van der Waals surface area (Å²) in [5.41, 5.74) is 3.41. The van der Waals surface area contributed by atoms with Crippen molar-refractivity contribution in [2.45, 2.75) is 25.9 Å². The number of benzene rings is 2. The standard InChI is InChI=1S/C25H23N3O4S/c1-15-10-17-6-4-5-7-19(17)28(15)22(29)12-27-14-26-24-23(25(27)30)18(13-33-24)16-8-9-20(31-2)21(11-16)32-3/h4-9,11,13-15H,10,12H2,1-3H3/t15-/m1/s1. The van der Waals surface area contributed by atoms with Crippen molar-refractivity contribution in [2.75, 3.05) is 19.1 Å². The fourth-order valence-electron chi connectivity index (χ4n) is 4.46. The molecule has 0 saturated carbocycles. The number of rotatable bonds is 5. The number of aromatic nitrogens is 2. The summed E-state index contributed by atoms with van der Waals surface area (Å²) < 4.78 is 12.1. The highest BCUT2D eigenvalue weighted by Crippen LogP contribution is 2.36. The molecule has 0 unspecified atom stereocenters. The van der Waals surface area contributed by atoms with E-state index in [2.05, 4.69) is 4.98 Å². The average Bonchev–Trinajstić information content (AvgIpc) is 3.41. The molecule has 1 aliphatic rings. The minimum absolute atomic E-state index is 0.0470. The molecule has 0 aliphatic carbocycles. The van der Waals surface area contributed by atoms with Crippen LogP contribution in [0.2, 0.25) is 0 Å². The molecule has 3 heterocycles. The van der Waals surface area contributed by atoms with E-state index < -0.39 is 0 Å². The fraction of sp³-hybridized carbons (Fsp3) is 0.240. The Bertz CT molecular complexity index is 1420. The number of carbonyl (C=O) groups is 1. The predicted molar refractivity (Wildman–Crippen MR) is 130 cm³/mol. The third kappa shape index (κ3) is 3.56. The van der Waals surface area contributed by atoms with E-state index in [0.29, 0.717) is 21.7 Å². The van der Waals surface area contributed by atoms with E-state index in [9.17, 15) is 9.59 Å². The number of thiophene rings is 1. The maximum atomic E-state index is 13.4. The maximum absolute atomic E-state index is 13.4. The van der Waals surface area contributed by atoms with E-state index in [1.165, 1.54) is 22.2 Å². The van der Waals surface area contributed by atoms with Crippen LogP contribution in [0.15, 0.2) is 59.0 Å². The largest absolute Gasteiger partial charge is 0.493 e. The Kier molecular flexibility index (Phi) is 5.38. The smallest absolute Gasteiger partial charge is 0.263 e. The van der Waals surface area contributed by atoms with Gasteiger partial charge in [0.05, 0.1) is 25.9 Å². The second kappa shape index (κ2) is 8.37. The van der Waals surface area contributed by atoms with E-state index in [4.69, 9.17) is 9.47 Å². The van der Waals surface area contributed by atoms with Gasteiger partial charge in [0.1, 0.15) is 11.4 Å². The highest BCUT2D eigenvalue weighted by Gasteiger charge is 2.30. The van der Waals surface area contributed by atoms with Crippen LogP contribution in [0.5, 0.6) is 11.5 Å². The molecule has 33 heavy (non-hydrogen) atoms. The van der Waals surface area contributed by atoms with Gasteiger partial charge in [-0.25, -0.2) is 4.98 Å². The number of fused-ring (bicyclic) bond motifs is 2. The summed E-state index contributed by atoms with van der Waals surface area (Å²) in [5.74, 6) is 1.07. The molecular weight excluding hydrogens is 438 g/mol. The third-order valence-electron chi connectivity index (χ3n) is 6.04. The lowest BCUT2D eigenvalue weighted by molar-refractivity contribution is -0.119. The number of methoxy groups -OCH3 is 2. The van der Waals surface area contributed by atoms with Gasteiger partial charge in [-0.15, -0.1) is 11.3 Å². The van der Waals surface area contributed by atoms with Gasteiger partial charge in [-0.05, 0) is 42.7 Å². The number of anilines is 1. The first-order chi connectivity index (χ1) is 16.0. The minimum atomic E-state index is -0.237. The van der Waals surface area contributed by atoms with Crippen LogP contribution in [0.3, 0.4) is 0 Å². The highest BCUT2D eigenvalue weighted by atomic mass is 32.1. The molecule has 1 aliphatic heterocycles. The molecule has 8 heteroatoms. The zero-order valence-corrected chi connectivity index (χ0v) is 19.4. The van der Waals surface area contributed by atoms with Gasteiger partial charge in [-0.2, -0.15) is 0 Å². The third-order valence-corrected chi connectivity index (χ3v) is 6.92. The van der Waals surface area contributed by atoms with Crippen LogP contribution in [0, 0.1) is 0 Å². The first-order valence-corrected chi connectivity index (χ1v) is 11.5. The van der Waals surface area contributed by atoms with Crippen molar-refractivity contribution >= 4 is 33.1 Å². The summed E-state index contributed by atoms with van der Waals surface area (Å²) in [6.45, 7) is 1.96. The van der Waals surface area contributed by atoms with Gasteiger partial charge >= 0.3 is 0 Å². The molecular formula is C25H23N3O4S. The highest BCUT2D eigenvalue weighted by molar-refractivity contribution is 7.17. The SMILES string of the molecule is COc1ccc(-c2csc3ncn(CC(=O)N4c5ccccc5C[C@H]4C)c(=O)c23)cc1OC. The van der Waals surface area contributed by atoms with Crippen molar-refractivity contribution < 1.29 is 14.3 Å². The van der Waals surface area contributed by atoms with Gasteiger partial charge in [0, 0.05) is 22.7 Å². The first-order valence-electron chi connectivity index (χ1n) is 10.6. The van der Waals surface area contributed by atoms with E-state index in [0.717, 1.165) is 28.8 Å². The van der Waals surface area contributed by atoms with Crippen LogP contribution >= 0.6 is 11.3 Å². The van der Waals surface area contributed by atoms with Crippen LogP contribution in [-0.2, 0) is 17.8 Å². The lowest BCUT2D eigenvalue weighted by atomic mass is 10.1. The van der Waals surface area contributed by atoms with Crippen LogP contribution in [0.1, 0.15) is 12.5 Å². The molecule has 0 bridgehead atoms. The number of para-hydroxylation sites is 1. The van der Waals surface area contributed by atoms with Gasteiger partial charge in [0.15, 0.2) is 11.5 Å². The zero-order chi connectivity index (χ0) is 23.1. The Hall–Kier alpha value is -3.65. The maximum Gasteiger partial charge on any atom is 0.263 e. The van der Waals surface area contributed by atoms with E-state index >= 15 is 0 Å². The number of nitrogens with zero attached hydrogens (tertiary/aromatic N) is 3. The van der Waals surface area contributed by atoms with Gasteiger partial charge in [-0.1, -0.05) is 24.3 Å². The molecule has 5 rings (SSSR count). The number of carbonyl (C=O) groups excluding carboxylic acids is 1. The van der Waals surface area contributed by atoms with E-state index in [1.54, 1.807) is 19.1 Å². The molecule has 2 aromatic heterocycles. The van der Waals surface area contributed by atoms with Crippen LogP contribution in [0.4, 0.5) is 5.69 Å². The van der Waals surface area contributed by atoms with Crippen molar-refractivity contribution in [1.82, 2.24) is 9.55 Å². The monoisotopic (exact) mass is 461 g/mol. The topological polar surface area (TPSA) is 73.7 Å². The first kappa shape index (κ1) is 21.2. The summed E-state index contributed by atoms with van der Waals surface area (Å²) in [6, 6.07) is 13.5. The number of hydrogen-bond donors (Lipinski definition) is 0. The summed E-state index contributed by atoms with van der Waals surface area (Å²) >= 11 is 1.40. The van der Waals surface area contributed by atoms with E-state index in [-0.39, 0.29) is 24.1 Å². The second-order valence-electron chi connectivity index (χ2n) is 8.02. The predicted octanol–water partition coefficient (Wildman–Crippen LogP) is 4.12. The number of ether oxygens (including phenoxy) is 2. The molecule has 1 atom stereocenters. The van der Waals surface area contributed by atoms with Gasteiger partial charge in [-0.3, -0.25) is 14.2 Å². The summed E-state index contributed by atoms with van der Waals surface area (Å²) in [6.07, 6.45) is 2.27. The molecule has 1 amide bonds. The van der Waals surface area contributed by atoms with Crippen molar-refractivity contribution in [1.29, 1.82) is 0 Å². The quantitative estimate of drug-likeness (QED) is 0.447. The van der Waals surface area contributed by atoms with Gasteiger partial charge in [0.2, 0.25) is 5.91 Å². The fourth-order valence-corrected chi connectivity index (χ4v) is 5.37. The number of hydrogen-bond acceptors (Lipinski definition) is 6. The van der Waals surface area contributed by atoms with Crippen LogP contribution in [0.25, 0.3) is 21.3 Å². The molecule has 0 N–H and O–H groups in total. The van der Waals surface area contributed by atoms with Crippen molar-refractivity contribution in [3.8, 4) is 22.6 Å². The second-order valence-corrected chi connectivity index (χ2v) is 8.88. The van der Waals surface area contributed by atoms with Gasteiger partial charge < -0.3 is 14.4 Å². The van der Waals surface area contributed by atoms with Gasteiger partial charge in [0.25, 0.3) is 5.56 Å². The summed E-state index contributed by atoms with van der Waals surface area (Å²) in [5, 5.41) is 2.41. The Morgan fingerprint density at radius 3 is 2.73 bits per heavy atom. The van der Waals surface area contributed by atoms with Crippen molar-refractivity contribution in [3.05, 3.63) is 70.1 Å². The molecule has 168 valence electrons. The Balaban J connectivity index is 1.52. The lowest BCUT2D eigenvalue weighted by Gasteiger charge is -2.23. The molecule has 0 spiro atoms.